The predicted octanol–water partition coefficient (Wildman–Crippen LogP) is 2.70. The van der Waals surface area contributed by atoms with Crippen LogP contribution < -0.4 is 27.6 Å². The van der Waals surface area contributed by atoms with Crippen molar-refractivity contribution in [2.45, 2.75) is 106 Å². The minimum absolute atomic E-state index is 0. The first-order chi connectivity index (χ1) is 13.7. The molecule has 1 aromatic carbocycles. The molecule has 0 unspecified atom stereocenters. The van der Waals surface area contributed by atoms with Crippen molar-refractivity contribution in [3.8, 4) is 5.75 Å². The van der Waals surface area contributed by atoms with Crippen LogP contribution in [0.15, 0.2) is 29.9 Å². The number of allylic oxidation sites excluding steroid dienone is 4. The standard InChI is InChI=1S/C28H44O.2ClH.Zr/c1-19(15-16-28(9,10)21-13-11-12-14-21)20(2)23-17-22(26(3,4)5)18-24(25(23)29)27(6,7)8;;;/h15-18,21,29H,11-14H2,1-10H3;2*1H;/q;;;+3/p-3. The zero-order valence-electron chi connectivity index (χ0n) is 21.9. The van der Waals surface area contributed by atoms with Gasteiger partial charge in [0.05, 0.1) is 0 Å². The molecule has 4 heteroatoms. The molecule has 2 rings (SSSR count). The van der Waals surface area contributed by atoms with Crippen LogP contribution in [0.3, 0.4) is 0 Å². The molecule has 179 valence electrons. The molecule has 0 amide bonds. The molecule has 32 heavy (non-hydrogen) atoms. The third-order valence-corrected chi connectivity index (χ3v) is 7.53. The van der Waals surface area contributed by atoms with Gasteiger partial charge in [0, 0.05) is 0 Å². The van der Waals surface area contributed by atoms with Gasteiger partial charge in [0.1, 0.15) is 0 Å². The Labute approximate surface area is 226 Å². The van der Waals surface area contributed by atoms with E-state index < -0.39 is 0 Å². The molecule has 0 aliphatic heterocycles. The molecule has 1 aliphatic carbocycles. The fourth-order valence-electron chi connectivity index (χ4n) is 4.49. The largest absolute Gasteiger partial charge is 1.00 e. The van der Waals surface area contributed by atoms with E-state index in [0.717, 1.165) is 36.8 Å². The van der Waals surface area contributed by atoms with Crippen LogP contribution in [0.1, 0.15) is 112 Å². The summed E-state index contributed by atoms with van der Waals surface area (Å²) in [5.74, 6) is 1.88. The van der Waals surface area contributed by atoms with Crippen LogP contribution in [0.2, 0.25) is 0 Å². The van der Waals surface area contributed by atoms with E-state index in [1.54, 1.807) is 0 Å². The van der Waals surface area contributed by atoms with E-state index in [1.807, 2.05) is 0 Å². The molecule has 0 spiro atoms. The Hall–Kier alpha value is -0.0369. The summed E-state index contributed by atoms with van der Waals surface area (Å²) < 4.78 is 6.10. The zero-order chi connectivity index (χ0) is 22.9. The Morgan fingerprint density at radius 1 is 0.906 bits per heavy atom. The van der Waals surface area contributed by atoms with E-state index in [4.69, 9.17) is 2.81 Å². The molecule has 0 bridgehead atoms. The van der Waals surface area contributed by atoms with Crippen molar-refractivity contribution in [1.29, 1.82) is 0 Å². The second-order valence-electron chi connectivity index (χ2n) is 11.9. The van der Waals surface area contributed by atoms with Crippen molar-refractivity contribution >= 4 is 5.57 Å². The normalized spacial score (nSPS) is 16.5. The summed E-state index contributed by atoms with van der Waals surface area (Å²) in [6.45, 7) is 23.1. The van der Waals surface area contributed by atoms with Crippen LogP contribution in [0, 0.1) is 11.3 Å². The van der Waals surface area contributed by atoms with Crippen molar-refractivity contribution < 1.29 is 52.8 Å². The first-order valence-electron chi connectivity index (χ1n) is 11.6. The summed E-state index contributed by atoms with van der Waals surface area (Å²) in [5, 5.41) is 0. The van der Waals surface area contributed by atoms with Gasteiger partial charge in [-0.1, -0.05) is 0 Å². The average Bonchev–Trinajstić information content (AvgIpc) is 3.18. The Balaban J connectivity index is 0.00000480. The van der Waals surface area contributed by atoms with Crippen LogP contribution in [-0.4, -0.2) is 0 Å². The van der Waals surface area contributed by atoms with Crippen LogP contribution in [0.5, 0.6) is 5.75 Å². The van der Waals surface area contributed by atoms with Gasteiger partial charge < -0.3 is 24.8 Å². The molecule has 0 radical (unpaired) electrons. The molecular weight excluding hydrogens is 514 g/mol. The first-order valence-corrected chi connectivity index (χ1v) is 12.6. The maximum atomic E-state index is 6.10. The Morgan fingerprint density at radius 3 is 1.88 bits per heavy atom. The van der Waals surface area contributed by atoms with Gasteiger partial charge in [-0.25, -0.2) is 0 Å². The molecule has 1 aliphatic rings. The smallest absolute Gasteiger partial charge is 1.00 e. The van der Waals surface area contributed by atoms with E-state index in [2.05, 4.69) is 93.5 Å². The number of rotatable bonds is 5. The van der Waals surface area contributed by atoms with Gasteiger partial charge in [-0.2, -0.15) is 0 Å². The second kappa shape index (κ2) is 12.1. The molecule has 1 saturated carbocycles. The molecule has 1 aromatic rings. The van der Waals surface area contributed by atoms with Gasteiger partial charge >= 0.3 is 203 Å². The molecule has 0 aromatic heterocycles. The van der Waals surface area contributed by atoms with Crippen molar-refractivity contribution in [3.63, 3.8) is 0 Å². The van der Waals surface area contributed by atoms with E-state index >= 15 is 0 Å². The Kier molecular flexibility index (Phi) is 12.1. The maximum Gasteiger partial charge on any atom is -1.00 e. The van der Waals surface area contributed by atoms with Crippen molar-refractivity contribution in [1.82, 2.24) is 0 Å². The van der Waals surface area contributed by atoms with Gasteiger partial charge in [-0.05, 0) is 0 Å². The summed E-state index contributed by atoms with van der Waals surface area (Å²) in [6.07, 6.45) is 10.4. The van der Waals surface area contributed by atoms with Crippen LogP contribution in [0.25, 0.3) is 5.57 Å². The average molecular weight is 558 g/mol. The first kappa shape index (κ1) is 32.0. The summed E-state index contributed by atoms with van der Waals surface area (Å²) in [6, 6.07) is 4.73. The zero-order valence-corrected chi connectivity index (χ0v) is 25.8. The number of halogens is 2. The van der Waals surface area contributed by atoms with Crippen molar-refractivity contribution in [2.24, 2.45) is 11.3 Å². The van der Waals surface area contributed by atoms with E-state index in [1.165, 1.54) is 53.5 Å². The van der Waals surface area contributed by atoms with Gasteiger partial charge in [0.2, 0.25) is 0 Å². The summed E-state index contributed by atoms with van der Waals surface area (Å²) in [4.78, 5) is 0. The second-order valence-corrected chi connectivity index (χ2v) is 12.4. The molecule has 0 saturated heterocycles. The summed E-state index contributed by atoms with van der Waals surface area (Å²) in [5.41, 5.74) is 6.99. The molecule has 1 nitrogen and oxygen atoms in total. The van der Waals surface area contributed by atoms with Gasteiger partial charge in [-0.15, -0.1) is 0 Å². The quantitative estimate of drug-likeness (QED) is 0.506. The minimum atomic E-state index is 0. The fourth-order valence-corrected chi connectivity index (χ4v) is 5.03. The molecule has 0 atom stereocenters. The SMILES string of the molecule is CC(C=CC(C)(C)C1CCCC1)=C(C)c1cc(C(C)(C)C)cc(C(C)(C)C)c1[O][Zr+2].[Cl-].[Cl-]. The van der Waals surface area contributed by atoms with Gasteiger partial charge in [0.25, 0.3) is 0 Å². The van der Waals surface area contributed by atoms with Crippen molar-refractivity contribution in [3.05, 3.63) is 46.5 Å². The van der Waals surface area contributed by atoms with E-state index in [-0.39, 0.29) is 41.1 Å². The van der Waals surface area contributed by atoms with E-state index in [9.17, 15) is 0 Å². The third kappa shape index (κ3) is 7.75. The molecule has 1 fully saturated rings. The Morgan fingerprint density at radius 2 is 1.44 bits per heavy atom. The minimum Gasteiger partial charge on any atom is -1.00 e. The number of hydrogen-bond acceptors (Lipinski definition) is 1. The predicted molar refractivity (Wildman–Crippen MR) is 128 cm³/mol. The van der Waals surface area contributed by atoms with Gasteiger partial charge in [0.15, 0.2) is 0 Å². The van der Waals surface area contributed by atoms with Crippen LogP contribution >= 0.6 is 0 Å². The Bertz CT molecular complexity index is 817. The monoisotopic (exact) mass is 555 g/mol. The summed E-state index contributed by atoms with van der Waals surface area (Å²) >= 11 is 1.09. The molecule has 0 heterocycles. The summed E-state index contributed by atoms with van der Waals surface area (Å²) in [7, 11) is 0. The fraction of sp³-hybridized carbons (Fsp3) is 0.643. The number of hydrogen-bond donors (Lipinski definition) is 0. The third-order valence-electron chi connectivity index (χ3n) is 7.03. The number of benzene rings is 1. The van der Waals surface area contributed by atoms with Crippen molar-refractivity contribution in [2.75, 3.05) is 0 Å². The van der Waals surface area contributed by atoms with Gasteiger partial charge in [-0.3, -0.25) is 0 Å². The maximum absolute atomic E-state index is 6.10. The topological polar surface area (TPSA) is 9.23 Å². The van der Waals surface area contributed by atoms with Crippen LogP contribution in [0.4, 0.5) is 0 Å². The van der Waals surface area contributed by atoms with E-state index in [0.29, 0.717) is 0 Å². The van der Waals surface area contributed by atoms with Crippen LogP contribution in [-0.2, 0) is 36.0 Å². The molecular formula is C28H43Cl2OZr. The molecule has 0 N–H and O–H groups in total.